The average Bonchev–Trinajstić information content (AvgIpc) is 3.44. The Kier molecular flexibility index (Phi) is 8.35. The van der Waals surface area contributed by atoms with Crippen molar-refractivity contribution in [1.82, 2.24) is 10.3 Å². The molecule has 0 aromatic carbocycles. The van der Waals surface area contributed by atoms with E-state index in [9.17, 15) is 4.79 Å². The van der Waals surface area contributed by atoms with Crippen LogP contribution in [0.2, 0.25) is 0 Å². The Bertz CT molecular complexity index is 816. The summed E-state index contributed by atoms with van der Waals surface area (Å²) in [6, 6.07) is 3.89. The summed E-state index contributed by atoms with van der Waals surface area (Å²) in [4.78, 5) is 21.8. The van der Waals surface area contributed by atoms with Crippen molar-refractivity contribution in [3.05, 3.63) is 46.6 Å². The quantitative estimate of drug-likeness (QED) is 0.306. The van der Waals surface area contributed by atoms with Gasteiger partial charge in [-0.15, -0.1) is 0 Å². The first kappa shape index (κ1) is 23.8. The molecule has 1 aromatic rings. The number of pyridine rings is 1. The van der Waals surface area contributed by atoms with E-state index in [1.165, 1.54) is 0 Å². The van der Waals surface area contributed by atoms with Gasteiger partial charge >= 0.3 is 0 Å². The number of anilines is 1. The first-order valence-electron chi connectivity index (χ1n) is 10.6. The van der Waals surface area contributed by atoms with Gasteiger partial charge in [-0.3, -0.25) is 9.78 Å². The molecule has 1 atom stereocenters. The smallest absolute Gasteiger partial charge is 0.256 e. The van der Waals surface area contributed by atoms with Gasteiger partial charge in [0, 0.05) is 42.0 Å². The molecule has 1 heterocycles. The highest BCUT2D eigenvalue weighted by Crippen LogP contribution is 2.36. The fourth-order valence-corrected chi connectivity index (χ4v) is 3.48. The van der Waals surface area contributed by atoms with Crippen LogP contribution in [0.5, 0.6) is 0 Å². The molecule has 2 N–H and O–H groups in total. The Morgan fingerprint density at radius 3 is 2.50 bits per heavy atom. The lowest BCUT2D eigenvalue weighted by Crippen LogP contribution is -2.28. The van der Waals surface area contributed by atoms with Crippen LogP contribution in [0.4, 0.5) is 5.69 Å². The van der Waals surface area contributed by atoms with E-state index in [4.69, 9.17) is 4.74 Å². The van der Waals surface area contributed by atoms with Gasteiger partial charge in [-0.1, -0.05) is 12.5 Å². The van der Waals surface area contributed by atoms with Gasteiger partial charge in [0.05, 0.1) is 11.9 Å². The standard InChI is InChI=1S/C24H36N4O2/c1-8-18(11-14-30-7)20-10-9-19(15-26-20)27-23(29)21(16(2)3)17(4)22(25-6)28-24(5)12-13-24/h9-10,15,18,28H,6,8,11-14H2,1-5,7H3,(H,27,29)/b22-17-. The Hall–Kier alpha value is -2.47. The molecule has 1 aliphatic carbocycles. The minimum absolute atomic E-state index is 0.0550. The monoisotopic (exact) mass is 412 g/mol. The molecule has 30 heavy (non-hydrogen) atoms. The van der Waals surface area contributed by atoms with Crippen LogP contribution in [-0.2, 0) is 9.53 Å². The molecule has 1 unspecified atom stereocenters. The zero-order valence-electron chi connectivity index (χ0n) is 19.3. The lowest BCUT2D eigenvalue weighted by atomic mass is 9.98. The van der Waals surface area contributed by atoms with Crippen LogP contribution in [-0.4, -0.2) is 36.9 Å². The number of amides is 1. The summed E-state index contributed by atoms with van der Waals surface area (Å²) in [5, 5.41) is 6.41. The second kappa shape index (κ2) is 10.5. The number of nitrogens with one attached hydrogen (secondary N) is 2. The summed E-state index contributed by atoms with van der Waals surface area (Å²) >= 11 is 0. The topological polar surface area (TPSA) is 75.6 Å². The first-order chi connectivity index (χ1) is 14.2. The summed E-state index contributed by atoms with van der Waals surface area (Å²) in [6.07, 6.45) is 5.84. The van der Waals surface area contributed by atoms with Crippen LogP contribution in [0.25, 0.3) is 0 Å². The van der Waals surface area contributed by atoms with E-state index in [0.717, 1.165) is 42.5 Å². The van der Waals surface area contributed by atoms with Gasteiger partial charge in [0.1, 0.15) is 5.82 Å². The van der Waals surface area contributed by atoms with Gasteiger partial charge in [0.15, 0.2) is 0 Å². The van der Waals surface area contributed by atoms with Crippen LogP contribution in [0.15, 0.2) is 45.9 Å². The molecule has 0 bridgehead atoms. The Labute approximate surface area is 180 Å². The number of ether oxygens (including phenoxy) is 1. The molecule has 0 radical (unpaired) electrons. The number of nitrogens with zero attached hydrogens (tertiary/aromatic N) is 2. The van der Waals surface area contributed by atoms with E-state index in [-0.39, 0.29) is 11.4 Å². The number of hydrogen-bond donors (Lipinski definition) is 2. The fourth-order valence-electron chi connectivity index (χ4n) is 3.48. The van der Waals surface area contributed by atoms with Crippen molar-refractivity contribution >= 4 is 18.3 Å². The Balaban J connectivity index is 2.17. The van der Waals surface area contributed by atoms with E-state index in [1.807, 2.05) is 32.9 Å². The van der Waals surface area contributed by atoms with Gasteiger partial charge in [-0.2, -0.15) is 0 Å². The number of allylic oxidation sites excluding steroid dienone is 1. The normalized spacial score (nSPS) is 16.2. The summed E-state index contributed by atoms with van der Waals surface area (Å²) in [5.74, 6) is 0.848. The van der Waals surface area contributed by atoms with E-state index >= 15 is 0 Å². The number of aromatic nitrogens is 1. The minimum atomic E-state index is -0.169. The van der Waals surface area contributed by atoms with Crippen molar-refractivity contribution in [1.29, 1.82) is 0 Å². The Morgan fingerprint density at radius 2 is 2.03 bits per heavy atom. The third-order valence-corrected chi connectivity index (χ3v) is 5.66. The third kappa shape index (κ3) is 6.26. The summed E-state index contributed by atoms with van der Waals surface area (Å²) in [5.41, 5.74) is 4.08. The molecule has 0 aliphatic heterocycles. The summed E-state index contributed by atoms with van der Waals surface area (Å²) in [7, 11) is 1.71. The maximum atomic E-state index is 13.1. The van der Waals surface area contributed by atoms with Crippen molar-refractivity contribution in [3.8, 4) is 0 Å². The molecular formula is C24H36N4O2. The fraction of sp³-hybridized carbons (Fsp3) is 0.542. The van der Waals surface area contributed by atoms with Crippen molar-refractivity contribution in [2.45, 2.75) is 71.8 Å². The molecule has 0 spiro atoms. The molecule has 1 fully saturated rings. The second-order valence-electron chi connectivity index (χ2n) is 8.50. The molecule has 164 valence electrons. The number of rotatable bonds is 11. The predicted molar refractivity (Wildman–Crippen MR) is 124 cm³/mol. The highest BCUT2D eigenvalue weighted by atomic mass is 16.5. The highest BCUT2D eigenvalue weighted by molar-refractivity contribution is 6.07. The highest BCUT2D eigenvalue weighted by Gasteiger charge is 2.38. The molecule has 1 saturated carbocycles. The van der Waals surface area contributed by atoms with Crippen molar-refractivity contribution in [2.24, 2.45) is 4.99 Å². The lowest BCUT2D eigenvalue weighted by molar-refractivity contribution is -0.112. The number of aliphatic imine (C=N–C) groups is 1. The molecule has 6 heteroatoms. The average molecular weight is 413 g/mol. The van der Waals surface area contributed by atoms with Crippen molar-refractivity contribution in [2.75, 3.05) is 19.0 Å². The van der Waals surface area contributed by atoms with Crippen LogP contribution in [0, 0.1) is 0 Å². The van der Waals surface area contributed by atoms with Gasteiger partial charge < -0.3 is 15.4 Å². The zero-order valence-corrected chi connectivity index (χ0v) is 19.3. The molecule has 2 rings (SSSR count). The number of methoxy groups -OCH3 is 1. The summed E-state index contributed by atoms with van der Waals surface area (Å²) in [6.45, 7) is 14.5. The first-order valence-corrected chi connectivity index (χ1v) is 10.6. The van der Waals surface area contributed by atoms with Gasteiger partial charge in [-0.25, -0.2) is 4.99 Å². The van der Waals surface area contributed by atoms with E-state index < -0.39 is 0 Å². The second-order valence-corrected chi connectivity index (χ2v) is 8.50. The molecular weight excluding hydrogens is 376 g/mol. The SMILES string of the molecule is C=N/C(NC1(C)CC1)=C(\C)C(C(=O)Nc1ccc(C(CC)CCOC)nc1)=C(C)C. The molecule has 1 aliphatic rings. The maximum absolute atomic E-state index is 13.1. The third-order valence-electron chi connectivity index (χ3n) is 5.66. The summed E-state index contributed by atoms with van der Waals surface area (Å²) < 4.78 is 5.19. The van der Waals surface area contributed by atoms with Crippen molar-refractivity contribution < 1.29 is 9.53 Å². The molecule has 1 amide bonds. The van der Waals surface area contributed by atoms with Crippen molar-refractivity contribution in [3.63, 3.8) is 0 Å². The van der Waals surface area contributed by atoms with Crippen LogP contribution < -0.4 is 10.6 Å². The predicted octanol–water partition coefficient (Wildman–Crippen LogP) is 4.96. The number of carbonyl (C=O) groups is 1. The van der Waals surface area contributed by atoms with E-state index in [1.54, 1.807) is 13.3 Å². The van der Waals surface area contributed by atoms with Crippen LogP contribution >= 0.6 is 0 Å². The van der Waals surface area contributed by atoms with Crippen LogP contribution in [0.3, 0.4) is 0 Å². The molecule has 1 aromatic heterocycles. The maximum Gasteiger partial charge on any atom is 0.256 e. The minimum Gasteiger partial charge on any atom is -0.385 e. The van der Waals surface area contributed by atoms with E-state index in [2.05, 4.69) is 41.2 Å². The van der Waals surface area contributed by atoms with E-state index in [0.29, 0.717) is 29.6 Å². The lowest BCUT2D eigenvalue weighted by Gasteiger charge is -2.19. The molecule has 6 nitrogen and oxygen atoms in total. The zero-order chi connectivity index (χ0) is 22.3. The van der Waals surface area contributed by atoms with Gasteiger partial charge in [0.25, 0.3) is 5.91 Å². The number of hydrogen-bond acceptors (Lipinski definition) is 5. The van der Waals surface area contributed by atoms with Crippen LogP contribution in [0.1, 0.15) is 71.9 Å². The molecule has 0 saturated heterocycles. The number of carbonyl (C=O) groups excluding carboxylic acids is 1. The van der Waals surface area contributed by atoms with Gasteiger partial charge in [0.2, 0.25) is 0 Å². The van der Waals surface area contributed by atoms with Gasteiger partial charge in [-0.05, 0) is 72.2 Å². The Morgan fingerprint density at radius 1 is 1.33 bits per heavy atom. The largest absolute Gasteiger partial charge is 0.385 e.